The number of methoxy groups -OCH3 is 2. The summed E-state index contributed by atoms with van der Waals surface area (Å²) in [6.07, 6.45) is 1.63. The number of rotatable bonds is 14. The van der Waals surface area contributed by atoms with E-state index in [9.17, 15) is 9.59 Å². The summed E-state index contributed by atoms with van der Waals surface area (Å²) in [6.45, 7) is 0.613. The van der Waals surface area contributed by atoms with Crippen LogP contribution in [0.25, 0.3) is 0 Å². The Bertz CT molecular complexity index is 1950. The molecule has 0 aromatic heterocycles. The Kier molecular flexibility index (Phi) is 13.0. The lowest BCUT2D eigenvalue weighted by molar-refractivity contribution is 0.0591. The van der Waals surface area contributed by atoms with Crippen LogP contribution in [0.4, 0.5) is 5.69 Å². The van der Waals surface area contributed by atoms with Crippen molar-refractivity contribution >= 4 is 52.9 Å². The van der Waals surface area contributed by atoms with Crippen LogP contribution in [-0.4, -0.2) is 37.5 Å². The monoisotopic (exact) mass is 705 g/mol. The number of anilines is 1. The maximum Gasteiger partial charge on any atom is 0.337 e. The molecule has 11 heteroatoms. The molecule has 50 heavy (non-hydrogen) atoms. The van der Waals surface area contributed by atoms with E-state index in [2.05, 4.69) is 15.8 Å². The zero-order valence-corrected chi connectivity index (χ0v) is 29.1. The quantitative estimate of drug-likeness (QED) is 0.0388. The molecule has 0 fully saturated rings. The highest BCUT2D eigenvalue weighted by Crippen LogP contribution is 2.26. The summed E-state index contributed by atoms with van der Waals surface area (Å²) >= 11 is 7.16. The van der Waals surface area contributed by atoms with E-state index in [1.165, 1.54) is 14.2 Å². The van der Waals surface area contributed by atoms with Gasteiger partial charge in [0.25, 0.3) is 0 Å². The summed E-state index contributed by atoms with van der Waals surface area (Å²) < 4.78 is 21.8. The lowest BCUT2D eigenvalue weighted by Crippen LogP contribution is -2.23. The number of nitrogens with one attached hydrogen (secondary N) is 2. The lowest BCUT2D eigenvalue weighted by atomic mass is 10.1. The maximum absolute atomic E-state index is 12.0. The van der Waals surface area contributed by atoms with Crippen LogP contribution < -0.4 is 20.2 Å². The van der Waals surface area contributed by atoms with Gasteiger partial charge in [0.15, 0.2) is 5.11 Å². The largest absolute Gasteiger partial charge is 0.489 e. The Hall–Kier alpha value is -5.65. The van der Waals surface area contributed by atoms with Gasteiger partial charge in [-0.3, -0.25) is 5.43 Å². The van der Waals surface area contributed by atoms with E-state index in [-0.39, 0.29) is 12.6 Å². The van der Waals surface area contributed by atoms with E-state index in [1.807, 2.05) is 91.0 Å². The molecule has 0 atom stereocenters. The normalized spacial score (nSPS) is 10.7. The van der Waals surface area contributed by atoms with Gasteiger partial charge in [0.05, 0.1) is 31.6 Å². The van der Waals surface area contributed by atoms with Crippen LogP contribution in [0.1, 0.15) is 43.0 Å². The van der Waals surface area contributed by atoms with Crippen molar-refractivity contribution < 1.29 is 28.5 Å². The van der Waals surface area contributed by atoms with Crippen LogP contribution in [0.15, 0.2) is 131 Å². The summed E-state index contributed by atoms with van der Waals surface area (Å²) in [6, 6.07) is 37.8. The van der Waals surface area contributed by atoms with Gasteiger partial charge in [-0.2, -0.15) is 5.10 Å². The molecule has 0 unspecified atom stereocenters. The number of thiocarbonyl (C=S) groups is 1. The van der Waals surface area contributed by atoms with Crippen LogP contribution >= 0.6 is 24.0 Å². The maximum atomic E-state index is 12.0. The minimum Gasteiger partial charge on any atom is -0.489 e. The molecular formula is C39H35N3O6S2. The second-order valence-electron chi connectivity index (χ2n) is 10.8. The lowest BCUT2D eigenvalue weighted by Gasteiger charge is -2.12. The molecule has 0 aliphatic heterocycles. The van der Waals surface area contributed by atoms with E-state index < -0.39 is 5.97 Å². The van der Waals surface area contributed by atoms with E-state index >= 15 is 0 Å². The molecule has 0 spiro atoms. The standard InChI is InChI=1S/C39H35N3O6S2/c1-45-37(43)31-16-14-28(15-17-31)26-50-36-13-7-12-33(21-36)41-39(49)42-40-23-30-19-34(47-24-27-8-4-3-5-9-27)22-35(20-30)48-25-29-10-6-11-32(18-29)38(44)46-2/h3-23H,24-26H2,1-2H3,(H2,41,42,49). The summed E-state index contributed by atoms with van der Waals surface area (Å²) in [5.74, 6) is 1.14. The van der Waals surface area contributed by atoms with Gasteiger partial charge in [0, 0.05) is 28.0 Å². The van der Waals surface area contributed by atoms with Crippen molar-refractivity contribution in [2.75, 3.05) is 19.5 Å². The first kappa shape index (κ1) is 35.7. The summed E-state index contributed by atoms with van der Waals surface area (Å²) in [4.78, 5) is 24.7. The predicted octanol–water partition coefficient (Wildman–Crippen LogP) is 8.03. The van der Waals surface area contributed by atoms with E-state index in [0.29, 0.717) is 34.3 Å². The first-order valence-corrected chi connectivity index (χ1v) is 16.9. The van der Waals surface area contributed by atoms with Crippen LogP contribution in [-0.2, 0) is 28.4 Å². The molecule has 0 amide bonds. The Morgan fingerprint density at radius 1 is 0.700 bits per heavy atom. The van der Waals surface area contributed by atoms with Gasteiger partial charge < -0.3 is 24.3 Å². The van der Waals surface area contributed by atoms with Crippen molar-refractivity contribution in [1.29, 1.82) is 0 Å². The Morgan fingerprint density at radius 3 is 2.08 bits per heavy atom. The number of hydrogen-bond donors (Lipinski definition) is 2. The van der Waals surface area contributed by atoms with Crippen molar-refractivity contribution in [3.63, 3.8) is 0 Å². The van der Waals surface area contributed by atoms with Gasteiger partial charge in [-0.15, -0.1) is 11.8 Å². The van der Waals surface area contributed by atoms with Crippen molar-refractivity contribution in [2.45, 2.75) is 23.9 Å². The average Bonchev–Trinajstić information content (AvgIpc) is 3.15. The number of carbonyl (C=O) groups is 2. The molecule has 9 nitrogen and oxygen atoms in total. The van der Waals surface area contributed by atoms with E-state index in [1.54, 1.807) is 48.3 Å². The highest BCUT2D eigenvalue weighted by Gasteiger charge is 2.09. The minimum atomic E-state index is -0.408. The average molecular weight is 706 g/mol. The fourth-order valence-corrected chi connectivity index (χ4v) is 5.74. The molecule has 0 bridgehead atoms. The summed E-state index contributed by atoms with van der Waals surface area (Å²) in [7, 11) is 2.72. The highest BCUT2D eigenvalue weighted by molar-refractivity contribution is 7.98. The van der Waals surface area contributed by atoms with Gasteiger partial charge in [-0.25, -0.2) is 9.59 Å². The molecule has 0 heterocycles. The van der Waals surface area contributed by atoms with Gasteiger partial charge in [-0.1, -0.05) is 60.7 Å². The topological polar surface area (TPSA) is 107 Å². The van der Waals surface area contributed by atoms with Crippen LogP contribution in [0.2, 0.25) is 0 Å². The molecule has 0 radical (unpaired) electrons. The van der Waals surface area contributed by atoms with Gasteiger partial charge >= 0.3 is 11.9 Å². The number of carbonyl (C=O) groups excluding carboxylic acids is 2. The molecular weight excluding hydrogens is 671 g/mol. The Morgan fingerprint density at radius 2 is 1.36 bits per heavy atom. The van der Waals surface area contributed by atoms with Crippen molar-refractivity contribution in [3.8, 4) is 11.5 Å². The fourth-order valence-electron chi connectivity index (χ4n) is 4.66. The highest BCUT2D eigenvalue weighted by atomic mass is 32.2. The third-order valence-electron chi connectivity index (χ3n) is 7.16. The number of ether oxygens (including phenoxy) is 4. The number of hydrogen-bond acceptors (Lipinski definition) is 9. The van der Waals surface area contributed by atoms with E-state index in [0.717, 1.165) is 38.6 Å². The second kappa shape index (κ2) is 18.2. The number of thioether (sulfide) groups is 1. The second-order valence-corrected chi connectivity index (χ2v) is 12.3. The molecule has 254 valence electrons. The molecule has 0 saturated carbocycles. The first-order valence-electron chi connectivity index (χ1n) is 15.5. The predicted molar refractivity (Wildman–Crippen MR) is 200 cm³/mol. The van der Waals surface area contributed by atoms with Crippen molar-refractivity contribution in [2.24, 2.45) is 5.10 Å². The summed E-state index contributed by atoms with van der Waals surface area (Å²) in [5, 5.41) is 7.83. The number of esters is 2. The van der Waals surface area contributed by atoms with Crippen molar-refractivity contribution in [3.05, 3.63) is 155 Å². The van der Waals surface area contributed by atoms with Crippen LogP contribution in [0.3, 0.4) is 0 Å². The fraction of sp³-hybridized carbons (Fsp3) is 0.128. The minimum absolute atomic E-state index is 0.231. The van der Waals surface area contributed by atoms with Gasteiger partial charge in [-0.05, 0) is 83.5 Å². The first-order chi connectivity index (χ1) is 24.4. The van der Waals surface area contributed by atoms with Crippen LogP contribution in [0, 0.1) is 0 Å². The molecule has 2 N–H and O–H groups in total. The Labute approximate surface area is 300 Å². The molecule has 5 aromatic carbocycles. The SMILES string of the molecule is COC(=O)c1ccc(CSc2cccc(NC(=S)NN=Cc3cc(OCc4ccccc4)cc(OCc4cccc(C(=O)OC)c4)c3)c2)cc1. The van der Waals surface area contributed by atoms with E-state index in [4.69, 9.17) is 31.2 Å². The van der Waals surface area contributed by atoms with Gasteiger partial charge in [0.1, 0.15) is 24.7 Å². The smallest absolute Gasteiger partial charge is 0.337 e. The van der Waals surface area contributed by atoms with Gasteiger partial charge in [0.2, 0.25) is 0 Å². The molecule has 0 aliphatic carbocycles. The molecule has 0 aliphatic rings. The zero-order chi connectivity index (χ0) is 35.1. The number of hydrazone groups is 1. The number of benzene rings is 5. The zero-order valence-electron chi connectivity index (χ0n) is 27.5. The Balaban J connectivity index is 1.20. The third-order valence-corrected chi connectivity index (χ3v) is 8.41. The third kappa shape index (κ3) is 10.9. The molecule has 5 rings (SSSR count). The molecule has 5 aromatic rings. The molecule has 0 saturated heterocycles. The van der Waals surface area contributed by atoms with Crippen LogP contribution in [0.5, 0.6) is 11.5 Å². The number of nitrogens with zero attached hydrogens (tertiary/aromatic N) is 1. The van der Waals surface area contributed by atoms with Crippen molar-refractivity contribution in [1.82, 2.24) is 5.43 Å². The summed E-state index contributed by atoms with van der Waals surface area (Å²) in [5.41, 5.74) is 8.31.